The van der Waals surface area contributed by atoms with E-state index >= 15 is 0 Å². The van der Waals surface area contributed by atoms with E-state index in [1.54, 1.807) is 47.3 Å². The van der Waals surface area contributed by atoms with Gasteiger partial charge >= 0.3 is 0 Å². The molecule has 0 spiro atoms. The molecule has 27 heavy (non-hydrogen) atoms. The van der Waals surface area contributed by atoms with E-state index in [2.05, 4.69) is 20.2 Å². The molecule has 3 rings (SSSR count). The lowest BCUT2D eigenvalue weighted by atomic mass is 10.1. The number of carbonyl (C=O) groups is 2. The molecule has 0 bridgehead atoms. The molecule has 0 aromatic carbocycles. The van der Waals surface area contributed by atoms with E-state index in [9.17, 15) is 9.59 Å². The van der Waals surface area contributed by atoms with Crippen LogP contribution in [0.25, 0.3) is 0 Å². The number of furan rings is 1. The van der Waals surface area contributed by atoms with E-state index < -0.39 is 6.04 Å². The highest BCUT2D eigenvalue weighted by molar-refractivity contribution is 7.98. The molecule has 2 aromatic rings. The van der Waals surface area contributed by atoms with Crippen LogP contribution in [0.1, 0.15) is 17.0 Å². The molecule has 2 amide bonds. The molecule has 2 aromatic heterocycles. The third-order valence-electron chi connectivity index (χ3n) is 4.39. The van der Waals surface area contributed by atoms with Crippen LogP contribution in [-0.2, 0) is 4.79 Å². The summed E-state index contributed by atoms with van der Waals surface area (Å²) in [6, 6.07) is 4.46. The van der Waals surface area contributed by atoms with Gasteiger partial charge in [-0.05, 0) is 36.6 Å². The largest absolute Gasteiger partial charge is 0.459 e. The minimum Gasteiger partial charge on any atom is -0.459 e. The Hall–Kier alpha value is -2.55. The normalized spacial score (nSPS) is 15.4. The second-order valence-corrected chi connectivity index (χ2v) is 7.13. The number of hydrogen-bond donors (Lipinski definition) is 1. The van der Waals surface area contributed by atoms with Gasteiger partial charge < -0.3 is 19.5 Å². The first-order valence-electron chi connectivity index (χ1n) is 8.83. The van der Waals surface area contributed by atoms with E-state index in [1.807, 2.05) is 6.26 Å². The van der Waals surface area contributed by atoms with Crippen molar-refractivity contribution in [2.24, 2.45) is 0 Å². The number of carbonyl (C=O) groups excluding carboxylic acids is 2. The topological polar surface area (TPSA) is 91.6 Å². The van der Waals surface area contributed by atoms with Crippen molar-refractivity contribution in [2.75, 3.05) is 43.1 Å². The molecule has 144 valence electrons. The zero-order valence-corrected chi connectivity index (χ0v) is 16.0. The smallest absolute Gasteiger partial charge is 0.287 e. The van der Waals surface area contributed by atoms with Crippen LogP contribution in [0.2, 0.25) is 0 Å². The monoisotopic (exact) mass is 389 g/mol. The van der Waals surface area contributed by atoms with Crippen LogP contribution in [-0.4, -0.2) is 70.9 Å². The van der Waals surface area contributed by atoms with Gasteiger partial charge in [0.2, 0.25) is 11.9 Å². The van der Waals surface area contributed by atoms with E-state index in [1.165, 1.54) is 6.26 Å². The zero-order chi connectivity index (χ0) is 19.1. The van der Waals surface area contributed by atoms with Crippen molar-refractivity contribution in [3.05, 3.63) is 42.6 Å². The van der Waals surface area contributed by atoms with Crippen molar-refractivity contribution in [2.45, 2.75) is 12.5 Å². The summed E-state index contributed by atoms with van der Waals surface area (Å²) in [6.45, 7) is 2.47. The highest BCUT2D eigenvalue weighted by atomic mass is 32.2. The van der Waals surface area contributed by atoms with Crippen molar-refractivity contribution < 1.29 is 14.0 Å². The molecule has 1 aliphatic heterocycles. The number of nitrogens with one attached hydrogen (secondary N) is 1. The molecular weight excluding hydrogens is 366 g/mol. The van der Waals surface area contributed by atoms with Gasteiger partial charge in [-0.25, -0.2) is 9.97 Å². The first-order chi connectivity index (χ1) is 13.2. The Balaban J connectivity index is 1.59. The average molecular weight is 389 g/mol. The molecule has 0 saturated carbocycles. The van der Waals surface area contributed by atoms with Crippen molar-refractivity contribution in [1.82, 2.24) is 20.2 Å². The summed E-state index contributed by atoms with van der Waals surface area (Å²) in [7, 11) is 0. The second kappa shape index (κ2) is 9.40. The Morgan fingerprint density at radius 3 is 2.59 bits per heavy atom. The van der Waals surface area contributed by atoms with Gasteiger partial charge in [-0.15, -0.1) is 0 Å². The van der Waals surface area contributed by atoms with Gasteiger partial charge in [0, 0.05) is 38.6 Å². The minimum absolute atomic E-state index is 0.0578. The molecule has 0 radical (unpaired) electrons. The highest BCUT2D eigenvalue weighted by Crippen LogP contribution is 2.13. The number of amides is 2. The summed E-state index contributed by atoms with van der Waals surface area (Å²) >= 11 is 1.65. The predicted molar refractivity (Wildman–Crippen MR) is 104 cm³/mol. The summed E-state index contributed by atoms with van der Waals surface area (Å²) < 4.78 is 5.13. The van der Waals surface area contributed by atoms with Gasteiger partial charge in [0.25, 0.3) is 5.91 Å². The SMILES string of the molecule is CSCCC(NC(=O)c1ccco1)C(=O)N1CCN(c2ncccn2)CC1. The van der Waals surface area contributed by atoms with Crippen LogP contribution >= 0.6 is 11.8 Å². The zero-order valence-electron chi connectivity index (χ0n) is 15.2. The molecule has 1 unspecified atom stereocenters. The molecule has 1 N–H and O–H groups in total. The number of rotatable bonds is 7. The standard InChI is InChI=1S/C18H23N5O3S/c1-27-13-5-14(21-16(24)15-4-2-12-26-15)17(25)22-8-10-23(11-9-22)18-19-6-3-7-20-18/h2-4,6-7,12,14H,5,8-11,13H2,1H3,(H,21,24). The third kappa shape index (κ3) is 5.00. The molecular formula is C18H23N5O3S. The quantitative estimate of drug-likeness (QED) is 0.762. The van der Waals surface area contributed by atoms with Gasteiger partial charge in [0.15, 0.2) is 5.76 Å². The fourth-order valence-corrected chi connectivity index (χ4v) is 3.40. The van der Waals surface area contributed by atoms with Crippen molar-refractivity contribution in [3.63, 3.8) is 0 Å². The summed E-state index contributed by atoms with van der Waals surface area (Å²) in [5, 5.41) is 2.82. The molecule has 1 fully saturated rings. The number of hydrogen-bond acceptors (Lipinski definition) is 7. The Labute approximate surface area is 162 Å². The van der Waals surface area contributed by atoms with Crippen LogP contribution < -0.4 is 10.2 Å². The molecule has 9 heteroatoms. The summed E-state index contributed by atoms with van der Waals surface area (Å²) in [6.07, 6.45) is 7.42. The molecule has 8 nitrogen and oxygen atoms in total. The first-order valence-corrected chi connectivity index (χ1v) is 10.2. The van der Waals surface area contributed by atoms with E-state index in [0.717, 1.165) is 5.75 Å². The van der Waals surface area contributed by atoms with Crippen molar-refractivity contribution >= 4 is 29.5 Å². The Morgan fingerprint density at radius 1 is 1.22 bits per heavy atom. The Kier molecular flexibility index (Phi) is 6.69. The van der Waals surface area contributed by atoms with E-state index in [0.29, 0.717) is 38.5 Å². The third-order valence-corrected chi connectivity index (χ3v) is 5.03. The maximum absolute atomic E-state index is 13.0. The molecule has 1 atom stereocenters. The maximum Gasteiger partial charge on any atom is 0.287 e. The number of anilines is 1. The lowest BCUT2D eigenvalue weighted by Crippen LogP contribution is -2.55. The second-order valence-electron chi connectivity index (χ2n) is 6.15. The maximum atomic E-state index is 13.0. The van der Waals surface area contributed by atoms with Crippen LogP contribution in [0, 0.1) is 0 Å². The fourth-order valence-electron chi connectivity index (χ4n) is 2.93. The summed E-state index contributed by atoms with van der Waals surface area (Å²) in [4.78, 5) is 37.6. The fraction of sp³-hybridized carbons (Fsp3) is 0.444. The molecule has 0 aliphatic carbocycles. The van der Waals surface area contributed by atoms with Crippen LogP contribution in [0.5, 0.6) is 0 Å². The number of aromatic nitrogens is 2. The van der Waals surface area contributed by atoms with Crippen molar-refractivity contribution in [3.8, 4) is 0 Å². The molecule has 1 saturated heterocycles. The number of piperazine rings is 1. The van der Waals surface area contributed by atoms with Crippen LogP contribution in [0.15, 0.2) is 41.3 Å². The van der Waals surface area contributed by atoms with E-state index in [4.69, 9.17) is 4.42 Å². The van der Waals surface area contributed by atoms with Crippen molar-refractivity contribution in [1.29, 1.82) is 0 Å². The Morgan fingerprint density at radius 2 is 1.96 bits per heavy atom. The molecule has 3 heterocycles. The van der Waals surface area contributed by atoms with Gasteiger partial charge in [-0.1, -0.05) is 0 Å². The van der Waals surface area contributed by atoms with E-state index in [-0.39, 0.29) is 17.6 Å². The van der Waals surface area contributed by atoms with Gasteiger partial charge in [-0.2, -0.15) is 11.8 Å². The van der Waals surface area contributed by atoms with Gasteiger partial charge in [0.1, 0.15) is 6.04 Å². The summed E-state index contributed by atoms with van der Waals surface area (Å²) in [5.74, 6) is 1.25. The highest BCUT2D eigenvalue weighted by Gasteiger charge is 2.29. The minimum atomic E-state index is -0.561. The van der Waals surface area contributed by atoms with Gasteiger partial charge in [0.05, 0.1) is 6.26 Å². The number of nitrogens with zero attached hydrogens (tertiary/aromatic N) is 4. The Bertz CT molecular complexity index is 733. The molecule has 1 aliphatic rings. The first kappa shape index (κ1) is 19.2. The summed E-state index contributed by atoms with van der Waals surface area (Å²) in [5.41, 5.74) is 0. The average Bonchev–Trinajstić information content (AvgIpc) is 3.26. The van der Waals surface area contributed by atoms with Crippen LogP contribution in [0.4, 0.5) is 5.95 Å². The lowest BCUT2D eigenvalue weighted by molar-refractivity contribution is -0.133. The lowest BCUT2D eigenvalue weighted by Gasteiger charge is -2.36. The number of thioether (sulfide) groups is 1. The van der Waals surface area contributed by atoms with Crippen LogP contribution in [0.3, 0.4) is 0 Å². The van der Waals surface area contributed by atoms with Gasteiger partial charge in [-0.3, -0.25) is 9.59 Å². The predicted octanol–water partition coefficient (Wildman–Crippen LogP) is 1.27.